The fraction of sp³-hybridized carbons (Fsp3) is 0.444. The molecule has 1 aromatic heterocycles. The number of ether oxygens (including phenoxy) is 1. The summed E-state index contributed by atoms with van der Waals surface area (Å²) in [6, 6.07) is 7.88. The van der Waals surface area contributed by atoms with E-state index in [0.717, 1.165) is 48.3 Å². The minimum atomic E-state index is -0.0443. The van der Waals surface area contributed by atoms with E-state index >= 15 is 0 Å². The minimum absolute atomic E-state index is 0.0443. The summed E-state index contributed by atoms with van der Waals surface area (Å²) in [6.07, 6.45) is 5.17. The predicted molar refractivity (Wildman–Crippen MR) is 84.4 cm³/mol. The highest BCUT2D eigenvalue weighted by Crippen LogP contribution is 2.27. The molecule has 0 spiro atoms. The molecule has 2 aromatic rings. The van der Waals surface area contributed by atoms with Crippen LogP contribution in [0.3, 0.4) is 0 Å². The van der Waals surface area contributed by atoms with Crippen LogP contribution in [0, 0.1) is 0 Å². The number of aryl methyl sites for hydroxylation is 1. The molecule has 2 heterocycles. The van der Waals surface area contributed by atoms with Gasteiger partial charge in [-0.25, -0.2) is 0 Å². The zero-order valence-electron chi connectivity index (χ0n) is 13.1. The second-order valence-electron chi connectivity index (χ2n) is 6.18. The van der Waals surface area contributed by atoms with Crippen molar-refractivity contribution in [3.05, 3.63) is 46.8 Å². The number of amides is 1. The fourth-order valence-corrected chi connectivity index (χ4v) is 3.38. The van der Waals surface area contributed by atoms with E-state index in [1.165, 1.54) is 6.42 Å². The molecule has 1 aliphatic carbocycles. The second-order valence-corrected chi connectivity index (χ2v) is 6.18. The van der Waals surface area contributed by atoms with Gasteiger partial charge in [-0.05, 0) is 25.3 Å². The first-order chi connectivity index (χ1) is 11.3. The lowest BCUT2D eigenvalue weighted by Crippen LogP contribution is -2.33. The molecule has 1 aliphatic heterocycles. The number of benzene rings is 1. The summed E-state index contributed by atoms with van der Waals surface area (Å²) in [6.45, 7) is 1.62. The molecule has 0 saturated carbocycles. The molecule has 120 valence electrons. The van der Waals surface area contributed by atoms with Crippen LogP contribution in [0.4, 0.5) is 0 Å². The first-order valence-electron chi connectivity index (χ1n) is 8.30. The second kappa shape index (κ2) is 6.07. The smallest absolute Gasteiger partial charge is 0.276 e. The monoisotopic (exact) mass is 312 g/mol. The molecule has 0 N–H and O–H groups in total. The molecule has 0 radical (unpaired) electrons. The van der Waals surface area contributed by atoms with E-state index in [0.29, 0.717) is 25.4 Å². The van der Waals surface area contributed by atoms with E-state index in [-0.39, 0.29) is 5.91 Å². The summed E-state index contributed by atoms with van der Waals surface area (Å²) in [5.74, 6) is 1.72. The van der Waals surface area contributed by atoms with Crippen LogP contribution >= 0.6 is 0 Å². The molecule has 0 bridgehead atoms. The summed E-state index contributed by atoms with van der Waals surface area (Å²) in [4.78, 5) is 14.8. The molecule has 5 nitrogen and oxygen atoms in total. The van der Waals surface area contributed by atoms with Gasteiger partial charge in [0.15, 0.2) is 5.69 Å². The Hall–Kier alpha value is -2.30. The summed E-state index contributed by atoms with van der Waals surface area (Å²) >= 11 is 0. The van der Waals surface area contributed by atoms with Crippen molar-refractivity contribution < 1.29 is 14.1 Å². The summed E-state index contributed by atoms with van der Waals surface area (Å²) in [7, 11) is 0. The van der Waals surface area contributed by atoms with Gasteiger partial charge in [0.2, 0.25) is 0 Å². The highest BCUT2D eigenvalue weighted by Gasteiger charge is 2.28. The van der Waals surface area contributed by atoms with Crippen LogP contribution in [0.25, 0.3) is 0 Å². The third kappa shape index (κ3) is 2.71. The molecule has 0 atom stereocenters. The lowest BCUT2D eigenvalue weighted by Gasteiger charge is -2.19. The SMILES string of the molecule is O=C(c1noc2c1CCCCC2)N1CCOc2ccccc2C1. The standard InChI is InChI=1S/C18H20N2O3/c21-18(17-14-7-2-1-3-9-16(14)23-19-17)20-10-11-22-15-8-5-4-6-13(15)12-20/h4-6,8H,1-3,7,9-12H2. The molecule has 1 amide bonds. The Labute approximate surface area is 135 Å². The maximum absolute atomic E-state index is 13.0. The van der Waals surface area contributed by atoms with Gasteiger partial charge in [-0.15, -0.1) is 0 Å². The van der Waals surface area contributed by atoms with Crippen LogP contribution < -0.4 is 4.74 Å². The quantitative estimate of drug-likeness (QED) is 0.760. The van der Waals surface area contributed by atoms with E-state index in [2.05, 4.69) is 5.16 Å². The Bertz CT molecular complexity index is 723. The zero-order valence-corrected chi connectivity index (χ0v) is 13.1. The van der Waals surface area contributed by atoms with Crippen molar-refractivity contribution in [3.63, 3.8) is 0 Å². The van der Waals surface area contributed by atoms with Gasteiger partial charge in [-0.1, -0.05) is 29.8 Å². The first kappa shape index (κ1) is 14.3. The van der Waals surface area contributed by atoms with Gasteiger partial charge in [0.25, 0.3) is 5.91 Å². The van der Waals surface area contributed by atoms with Gasteiger partial charge >= 0.3 is 0 Å². The van der Waals surface area contributed by atoms with E-state index in [9.17, 15) is 4.79 Å². The first-order valence-corrected chi connectivity index (χ1v) is 8.30. The topological polar surface area (TPSA) is 55.6 Å². The molecule has 0 saturated heterocycles. The number of rotatable bonds is 1. The van der Waals surface area contributed by atoms with Crippen molar-refractivity contribution in [1.29, 1.82) is 0 Å². The van der Waals surface area contributed by atoms with Crippen LogP contribution in [0.5, 0.6) is 5.75 Å². The Kier molecular flexibility index (Phi) is 3.77. The molecule has 23 heavy (non-hydrogen) atoms. The Morgan fingerprint density at radius 2 is 2.00 bits per heavy atom. The molecule has 5 heteroatoms. The van der Waals surface area contributed by atoms with E-state index < -0.39 is 0 Å². The number of hydrogen-bond donors (Lipinski definition) is 0. The fourth-order valence-electron chi connectivity index (χ4n) is 3.38. The van der Waals surface area contributed by atoms with Gasteiger partial charge in [0, 0.05) is 24.1 Å². The molecule has 2 aliphatic rings. The Morgan fingerprint density at radius 3 is 2.96 bits per heavy atom. The predicted octanol–water partition coefficient (Wildman–Crippen LogP) is 2.98. The third-order valence-electron chi connectivity index (χ3n) is 4.64. The van der Waals surface area contributed by atoms with E-state index in [1.807, 2.05) is 29.2 Å². The largest absolute Gasteiger partial charge is 0.491 e. The zero-order chi connectivity index (χ0) is 15.6. The van der Waals surface area contributed by atoms with Crippen LogP contribution in [-0.4, -0.2) is 29.1 Å². The maximum atomic E-state index is 13.0. The summed E-state index contributed by atoms with van der Waals surface area (Å²) < 4.78 is 11.2. The van der Waals surface area contributed by atoms with Crippen molar-refractivity contribution >= 4 is 5.91 Å². The average molecular weight is 312 g/mol. The van der Waals surface area contributed by atoms with Gasteiger partial charge in [-0.3, -0.25) is 4.79 Å². The normalized spacial score (nSPS) is 17.5. The molecule has 4 rings (SSSR count). The van der Waals surface area contributed by atoms with Crippen LogP contribution in [0.2, 0.25) is 0 Å². The van der Waals surface area contributed by atoms with Gasteiger partial charge in [0.1, 0.15) is 18.1 Å². The molecular formula is C18H20N2O3. The minimum Gasteiger partial charge on any atom is -0.491 e. The summed E-state index contributed by atoms with van der Waals surface area (Å²) in [5.41, 5.74) is 2.56. The van der Waals surface area contributed by atoms with Gasteiger partial charge < -0.3 is 14.2 Å². The van der Waals surface area contributed by atoms with Gasteiger partial charge in [0.05, 0.1) is 6.54 Å². The molecule has 1 aromatic carbocycles. The Morgan fingerprint density at radius 1 is 1.13 bits per heavy atom. The third-order valence-corrected chi connectivity index (χ3v) is 4.64. The van der Waals surface area contributed by atoms with Crippen LogP contribution in [-0.2, 0) is 19.4 Å². The number of carbonyl (C=O) groups excluding carboxylic acids is 1. The highest BCUT2D eigenvalue weighted by molar-refractivity contribution is 5.94. The van der Waals surface area contributed by atoms with Crippen molar-refractivity contribution in [2.75, 3.05) is 13.2 Å². The van der Waals surface area contributed by atoms with Crippen LogP contribution in [0.15, 0.2) is 28.8 Å². The van der Waals surface area contributed by atoms with Crippen LogP contribution in [0.1, 0.15) is 46.6 Å². The van der Waals surface area contributed by atoms with Crippen molar-refractivity contribution in [3.8, 4) is 5.75 Å². The van der Waals surface area contributed by atoms with Crippen molar-refractivity contribution in [1.82, 2.24) is 10.1 Å². The number of hydrogen-bond acceptors (Lipinski definition) is 4. The number of fused-ring (bicyclic) bond motifs is 2. The highest BCUT2D eigenvalue weighted by atomic mass is 16.5. The maximum Gasteiger partial charge on any atom is 0.276 e. The van der Waals surface area contributed by atoms with Crippen molar-refractivity contribution in [2.24, 2.45) is 0 Å². The molecule has 0 fully saturated rings. The van der Waals surface area contributed by atoms with E-state index in [1.54, 1.807) is 0 Å². The van der Waals surface area contributed by atoms with Crippen molar-refractivity contribution in [2.45, 2.75) is 38.6 Å². The average Bonchev–Trinajstić information content (AvgIpc) is 2.76. The number of carbonyl (C=O) groups is 1. The lowest BCUT2D eigenvalue weighted by molar-refractivity contribution is 0.0721. The Balaban J connectivity index is 1.61. The number of nitrogens with zero attached hydrogens (tertiary/aromatic N) is 2. The van der Waals surface area contributed by atoms with Gasteiger partial charge in [-0.2, -0.15) is 0 Å². The summed E-state index contributed by atoms with van der Waals surface area (Å²) in [5, 5.41) is 4.09. The number of aromatic nitrogens is 1. The van der Waals surface area contributed by atoms with E-state index in [4.69, 9.17) is 9.26 Å². The lowest BCUT2D eigenvalue weighted by atomic mass is 10.1. The molecule has 0 unspecified atom stereocenters. The number of para-hydroxylation sites is 1. The molecular weight excluding hydrogens is 292 g/mol.